The third-order valence-electron chi connectivity index (χ3n) is 8.56. The standard InChI is InChI=1S/C42H27N3O/c1-43-37(42(46)41-28-30-13-5-10-20-38(30)44(41)31-14-3-2-4-15-31)27-29-23-25-32(26-24-29)45-39-21-11-8-18-35(39)33-16-6-7-17-34(33)36-19-9-12-22-40(36)45/h2-28H. The Morgan fingerprint density at radius 3 is 1.74 bits per heavy atom. The average molecular weight is 590 g/mol. The van der Waals surface area contributed by atoms with Gasteiger partial charge in [-0.2, -0.15) is 0 Å². The van der Waals surface area contributed by atoms with Gasteiger partial charge in [-0.25, -0.2) is 4.85 Å². The topological polar surface area (TPSA) is 29.6 Å². The zero-order valence-corrected chi connectivity index (χ0v) is 24.8. The maximum absolute atomic E-state index is 14.0. The van der Waals surface area contributed by atoms with Crippen LogP contribution < -0.4 is 4.90 Å². The highest BCUT2D eigenvalue weighted by molar-refractivity contribution is 6.14. The van der Waals surface area contributed by atoms with Gasteiger partial charge in [-0.1, -0.05) is 109 Å². The summed E-state index contributed by atoms with van der Waals surface area (Å²) in [5, 5.41) is 0.948. The molecule has 46 heavy (non-hydrogen) atoms. The van der Waals surface area contributed by atoms with Crippen LogP contribution in [0.2, 0.25) is 0 Å². The Labute approximate surface area is 267 Å². The molecule has 0 saturated carbocycles. The SMILES string of the molecule is [C-]#[N+]C(=Cc1ccc(N2c3ccccc3-c3ccccc3-c3ccccc32)cc1)C(=O)c1cc2ccccc2n1-c1ccccc1. The van der Waals surface area contributed by atoms with Crippen molar-refractivity contribution in [2.75, 3.05) is 4.90 Å². The van der Waals surface area contributed by atoms with Crippen LogP contribution in [0.15, 0.2) is 163 Å². The number of carbonyl (C=O) groups excluding carboxylic acids is 1. The van der Waals surface area contributed by atoms with Gasteiger partial charge in [0.1, 0.15) is 0 Å². The molecule has 0 bridgehead atoms. The fourth-order valence-corrected chi connectivity index (χ4v) is 6.49. The second-order valence-electron chi connectivity index (χ2n) is 11.2. The van der Waals surface area contributed by atoms with Crippen LogP contribution in [-0.2, 0) is 0 Å². The summed E-state index contributed by atoms with van der Waals surface area (Å²) in [6, 6.07) is 53.1. The molecule has 0 unspecified atom stereocenters. The van der Waals surface area contributed by atoms with Crippen molar-refractivity contribution in [3.8, 4) is 27.9 Å². The molecule has 1 aromatic heterocycles. The van der Waals surface area contributed by atoms with Gasteiger partial charge in [0, 0.05) is 27.9 Å². The number of nitrogens with zero attached hydrogens (tertiary/aromatic N) is 3. The molecule has 0 aliphatic carbocycles. The molecule has 6 aromatic carbocycles. The lowest BCUT2D eigenvalue weighted by Gasteiger charge is -2.27. The first-order valence-corrected chi connectivity index (χ1v) is 15.2. The van der Waals surface area contributed by atoms with Crippen LogP contribution in [0.4, 0.5) is 17.1 Å². The highest BCUT2D eigenvalue weighted by Crippen LogP contribution is 2.50. The summed E-state index contributed by atoms with van der Waals surface area (Å²) < 4.78 is 1.94. The van der Waals surface area contributed by atoms with Gasteiger partial charge in [0.15, 0.2) is 0 Å². The van der Waals surface area contributed by atoms with E-state index < -0.39 is 0 Å². The molecular formula is C42H27N3O. The van der Waals surface area contributed by atoms with Crippen LogP contribution in [0.3, 0.4) is 0 Å². The maximum Gasteiger partial charge on any atom is 0.236 e. The van der Waals surface area contributed by atoms with E-state index in [4.69, 9.17) is 6.57 Å². The Balaban J connectivity index is 1.20. The zero-order valence-electron chi connectivity index (χ0n) is 24.8. The van der Waals surface area contributed by atoms with E-state index in [0.717, 1.165) is 50.3 Å². The van der Waals surface area contributed by atoms with E-state index in [2.05, 4.69) is 94.7 Å². The van der Waals surface area contributed by atoms with Gasteiger partial charge in [-0.15, -0.1) is 0 Å². The van der Waals surface area contributed by atoms with Gasteiger partial charge < -0.3 is 14.3 Å². The fourth-order valence-electron chi connectivity index (χ4n) is 6.49. The molecule has 7 aromatic rings. The number of aromatic nitrogens is 1. The minimum Gasteiger partial charge on any atom is -0.309 e. The Kier molecular flexibility index (Phi) is 6.63. The first-order valence-electron chi connectivity index (χ1n) is 15.2. The Hall–Kier alpha value is -6.44. The molecule has 4 nitrogen and oxygen atoms in total. The molecule has 0 saturated heterocycles. The molecule has 0 radical (unpaired) electrons. The smallest absolute Gasteiger partial charge is 0.236 e. The molecule has 0 spiro atoms. The Morgan fingerprint density at radius 2 is 1.11 bits per heavy atom. The van der Waals surface area contributed by atoms with E-state index >= 15 is 0 Å². The van der Waals surface area contributed by atoms with E-state index in [9.17, 15) is 4.79 Å². The first kappa shape index (κ1) is 27.1. The van der Waals surface area contributed by atoms with E-state index in [0.29, 0.717) is 5.69 Å². The molecule has 4 heteroatoms. The van der Waals surface area contributed by atoms with Crippen molar-refractivity contribution in [1.29, 1.82) is 0 Å². The summed E-state index contributed by atoms with van der Waals surface area (Å²) in [4.78, 5) is 20.0. The summed E-state index contributed by atoms with van der Waals surface area (Å²) in [6.45, 7) is 7.97. The van der Waals surface area contributed by atoms with Crippen molar-refractivity contribution in [1.82, 2.24) is 4.57 Å². The van der Waals surface area contributed by atoms with Crippen LogP contribution in [0.25, 0.3) is 49.8 Å². The summed E-state index contributed by atoms with van der Waals surface area (Å²) in [6.07, 6.45) is 1.69. The van der Waals surface area contributed by atoms with Gasteiger partial charge in [-0.3, -0.25) is 0 Å². The van der Waals surface area contributed by atoms with E-state index in [1.54, 1.807) is 6.08 Å². The maximum atomic E-state index is 14.0. The van der Waals surface area contributed by atoms with Gasteiger partial charge in [0.05, 0.1) is 29.2 Å². The number of rotatable bonds is 5. The van der Waals surface area contributed by atoms with Crippen molar-refractivity contribution < 1.29 is 4.79 Å². The Bertz CT molecular complexity index is 2270. The predicted molar refractivity (Wildman–Crippen MR) is 188 cm³/mol. The molecule has 0 amide bonds. The number of anilines is 3. The van der Waals surface area contributed by atoms with Gasteiger partial charge >= 0.3 is 0 Å². The summed E-state index contributed by atoms with van der Waals surface area (Å²) in [5.74, 6) is -0.313. The third kappa shape index (κ3) is 4.51. The number of benzene rings is 6. The molecule has 0 N–H and O–H groups in total. The molecule has 0 fully saturated rings. The van der Waals surface area contributed by atoms with E-state index in [1.165, 1.54) is 11.1 Å². The Morgan fingerprint density at radius 1 is 0.565 bits per heavy atom. The second-order valence-corrected chi connectivity index (χ2v) is 11.2. The van der Waals surface area contributed by atoms with Crippen LogP contribution >= 0.6 is 0 Å². The minimum absolute atomic E-state index is 0.0636. The van der Waals surface area contributed by atoms with Crippen molar-refractivity contribution in [2.24, 2.45) is 0 Å². The molecule has 216 valence electrons. The average Bonchev–Trinajstić information content (AvgIpc) is 3.46. The third-order valence-corrected chi connectivity index (χ3v) is 8.56. The second kappa shape index (κ2) is 11.2. The van der Waals surface area contributed by atoms with Gasteiger partial charge in [0.25, 0.3) is 0 Å². The number of hydrogen-bond acceptors (Lipinski definition) is 2. The first-order chi connectivity index (χ1) is 22.7. The van der Waals surface area contributed by atoms with Gasteiger partial charge in [-0.05, 0) is 71.3 Å². The van der Waals surface area contributed by atoms with Crippen molar-refractivity contribution in [3.63, 3.8) is 0 Å². The largest absolute Gasteiger partial charge is 0.309 e. The van der Waals surface area contributed by atoms with Crippen LogP contribution in [0, 0.1) is 6.57 Å². The number of para-hydroxylation sites is 4. The molecule has 1 aliphatic heterocycles. The van der Waals surface area contributed by atoms with Crippen LogP contribution in [0.5, 0.6) is 0 Å². The number of allylic oxidation sites excluding steroid dienone is 1. The normalized spacial score (nSPS) is 12.1. The number of fused-ring (bicyclic) bond motifs is 6. The lowest BCUT2D eigenvalue weighted by atomic mass is 9.95. The fraction of sp³-hybridized carbons (Fsp3) is 0. The number of carbonyl (C=O) groups is 1. The highest BCUT2D eigenvalue weighted by Gasteiger charge is 2.25. The molecular weight excluding hydrogens is 562 g/mol. The molecule has 0 atom stereocenters. The number of Topliss-reactive ketones (excluding diaryl/α,β-unsaturated/α-hetero) is 1. The summed E-state index contributed by atoms with van der Waals surface area (Å²) in [7, 11) is 0. The van der Waals surface area contributed by atoms with Crippen LogP contribution in [-0.4, -0.2) is 10.4 Å². The minimum atomic E-state index is -0.313. The monoisotopic (exact) mass is 589 g/mol. The molecule has 2 heterocycles. The van der Waals surface area contributed by atoms with Crippen molar-refractivity contribution in [2.45, 2.75) is 0 Å². The lowest BCUT2D eigenvalue weighted by Crippen LogP contribution is -2.10. The van der Waals surface area contributed by atoms with Gasteiger partial charge in [0.2, 0.25) is 11.5 Å². The highest BCUT2D eigenvalue weighted by atomic mass is 16.1. The number of hydrogen-bond donors (Lipinski definition) is 0. The predicted octanol–water partition coefficient (Wildman–Crippen LogP) is 10.9. The summed E-state index contributed by atoms with van der Waals surface area (Å²) in [5.41, 5.74) is 11.0. The van der Waals surface area contributed by atoms with E-state index in [1.807, 2.05) is 77.4 Å². The lowest BCUT2D eigenvalue weighted by molar-refractivity contribution is 0.103. The van der Waals surface area contributed by atoms with Crippen molar-refractivity contribution >= 4 is 39.8 Å². The molecule has 8 rings (SSSR count). The molecule has 1 aliphatic rings. The van der Waals surface area contributed by atoms with Crippen LogP contribution in [0.1, 0.15) is 16.1 Å². The quantitative estimate of drug-likeness (QED) is 0.114. The number of ketones is 1. The zero-order chi connectivity index (χ0) is 31.0. The summed E-state index contributed by atoms with van der Waals surface area (Å²) >= 11 is 0. The van der Waals surface area contributed by atoms with Crippen molar-refractivity contribution in [3.05, 3.63) is 186 Å². The van der Waals surface area contributed by atoms with E-state index in [-0.39, 0.29) is 11.5 Å².